The molecule has 35 heavy (non-hydrogen) atoms. The van der Waals surface area contributed by atoms with Gasteiger partial charge in [-0.05, 0) is 86.3 Å². The molecule has 0 saturated carbocycles. The van der Waals surface area contributed by atoms with Crippen LogP contribution >= 0.6 is 0 Å². The van der Waals surface area contributed by atoms with Crippen molar-refractivity contribution in [3.8, 4) is 33.6 Å². The van der Waals surface area contributed by atoms with E-state index in [0.717, 1.165) is 28.3 Å². The van der Waals surface area contributed by atoms with Gasteiger partial charge in [0.2, 0.25) is 0 Å². The van der Waals surface area contributed by atoms with E-state index in [1.807, 2.05) is 18.2 Å². The molecule has 5 aromatic rings. The zero-order chi connectivity index (χ0) is 24.4. The Balaban J connectivity index is 1.59. The lowest BCUT2D eigenvalue weighted by molar-refractivity contribution is 1.28. The summed E-state index contributed by atoms with van der Waals surface area (Å²) in [6.07, 6.45) is 0. The van der Waals surface area contributed by atoms with Gasteiger partial charge in [0, 0.05) is 22.5 Å². The Hall–Kier alpha value is -4.17. The quantitative estimate of drug-likeness (QED) is 0.286. The molecular formula is C33H30N2. The third-order valence-electron chi connectivity index (χ3n) is 6.42. The summed E-state index contributed by atoms with van der Waals surface area (Å²) >= 11 is 0. The summed E-state index contributed by atoms with van der Waals surface area (Å²) in [4.78, 5) is 5.14. The van der Waals surface area contributed by atoms with Crippen molar-refractivity contribution in [1.82, 2.24) is 4.98 Å². The molecule has 2 heteroatoms. The van der Waals surface area contributed by atoms with Gasteiger partial charge in [-0.25, -0.2) is 4.98 Å². The van der Waals surface area contributed by atoms with Crippen LogP contribution in [0.1, 0.15) is 22.3 Å². The molecule has 5 rings (SSSR count). The molecule has 172 valence electrons. The van der Waals surface area contributed by atoms with Crippen molar-refractivity contribution < 1.29 is 0 Å². The van der Waals surface area contributed by atoms with E-state index in [-0.39, 0.29) is 0 Å². The Morgan fingerprint density at radius 1 is 0.486 bits per heavy atom. The van der Waals surface area contributed by atoms with E-state index in [1.165, 1.54) is 38.9 Å². The predicted octanol–water partition coefficient (Wildman–Crippen LogP) is 9.06. The van der Waals surface area contributed by atoms with E-state index >= 15 is 0 Å². The Morgan fingerprint density at radius 3 is 1.51 bits per heavy atom. The topological polar surface area (TPSA) is 24.9 Å². The normalized spacial score (nSPS) is 10.9. The van der Waals surface area contributed by atoms with Gasteiger partial charge in [0.15, 0.2) is 0 Å². The van der Waals surface area contributed by atoms with Crippen LogP contribution in [0.15, 0.2) is 103 Å². The van der Waals surface area contributed by atoms with E-state index < -0.39 is 0 Å². The van der Waals surface area contributed by atoms with E-state index in [9.17, 15) is 0 Å². The highest BCUT2D eigenvalue weighted by molar-refractivity contribution is 5.79. The second-order valence-electron chi connectivity index (χ2n) is 9.33. The zero-order valence-corrected chi connectivity index (χ0v) is 20.8. The summed E-state index contributed by atoms with van der Waals surface area (Å²) in [5.74, 6) is 0. The summed E-state index contributed by atoms with van der Waals surface area (Å²) in [7, 11) is 0. The molecule has 1 heterocycles. The Morgan fingerprint density at radius 2 is 1.00 bits per heavy atom. The fraction of sp³-hybridized carbons (Fsp3) is 0.121. The van der Waals surface area contributed by atoms with Gasteiger partial charge >= 0.3 is 0 Å². The Bertz CT molecular complexity index is 1410. The molecule has 0 saturated heterocycles. The summed E-state index contributed by atoms with van der Waals surface area (Å²) in [5.41, 5.74) is 13.8. The molecule has 0 unspecified atom stereocenters. The monoisotopic (exact) mass is 454 g/mol. The van der Waals surface area contributed by atoms with Gasteiger partial charge in [0.05, 0.1) is 11.4 Å². The molecular weight excluding hydrogens is 424 g/mol. The highest BCUT2D eigenvalue weighted by Gasteiger charge is 2.12. The van der Waals surface area contributed by atoms with Crippen LogP contribution in [0.3, 0.4) is 0 Å². The number of rotatable bonds is 5. The molecule has 4 aromatic carbocycles. The average Bonchev–Trinajstić information content (AvgIpc) is 2.85. The average molecular weight is 455 g/mol. The second kappa shape index (κ2) is 9.60. The first-order valence-electron chi connectivity index (χ1n) is 12.1. The van der Waals surface area contributed by atoms with Crippen molar-refractivity contribution in [2.75, 3.05) is 5.32 Å². The maximum atomic E-state index is 5.14. The van der Waals surface area contributed by atoms with Crippen LogP contribution in [0.5, 0.6) is 0 Å². The number of hydrogen-bond donors (Lipinski definition) is 1. The van der Waals surface area contributed by atoms with Gasteiger partial charge in [-0.2, -0.15) is 0 Å². The van der Waals surface area contributed by atoms with Crippen molar-refractivity contribution in [3.05, 3.63) is 125 Å². The van der Waals surface area contributed by atoms with Gasteiger partial charge in [-0.3, -0.25) is 0 Å². The first kappa shape index (κ1) is 22.6. The van der Waals surface area contributed by atoms with Crippen LogP contribution in [-0.2, 0) is 0 Å². The number of aromatic nitrogens is 1. The first-order valence-corrected chi connectivity index (χ1v) is 12.1. The third-order valence-corrected chi connectivity index (χ3v) is 6.42. The number of anilines is 2. The molecule has 0 fully saturated rings. The fourth-order valence-electron chi connectivity index (χ4n) is 4.61. The number of nitrogens with one attached hydrogen (secondary N) is 1. The lowest BCUT2D eigenvalue weighted by Crippen LogP contribution is -1.95. The van der Waals surface area contributed by atoms with Crippen LogP contribution in [0.2, 0.25) is 0 Å². The fourth-order valence-corrected chi connectivity index (χ4v) is 4.61. The highest BCUT2D eigenvalue weighted by Crippen LogP contribution is 2.33. The minimum Gasteiger partial charge on any atom is -0.356 e. The largest absolute Gasteiger partial charge is 0.356 e. The molecule has 0 aliphatic carbocycles. The number of nitrogens with zero attached hydrogens (tertiary/aromatic N) is 1. The highest BCUT2D eigenvalue weighted by atomic mass is 14.9. The molecule has 0 aliphatic rings. The van der Waals surface area contributed by atoms with Gasteiger partial charge in [0.25, 0.3) is 0 Å². The first-order chi connectivity index (χ1) is 17.0. The lowest BCUT2D eigenvalue weighted by Gasteiger charge is -2.14. The SMILES string of the molecule is Cc1ccc(-c2cc(-c3ccc(Nc4ccccc4)cc3)cc(-c3ccc(C)cc3C)n2)c(C)c1. The molecule has 0 bridgehead atoms. The smallest absolute Gasteiger partial charge is 0.0718 e. The number of pyridine rings is 1. The summed E-state index contributed by atoms with van der Waals surface area (Å²) in [6, 6.07) is 36.5. The molecule has 0 aliphatic heterocycles. The zero-order valence-electron chi connectivity index (χ0n) is 20.8. The van der Waals surface area contributed by atoms with Crippen molar-refractivity contribution in [2.24, 2.45) is 0 Å². The Labute approximate surface area is 208 Å². The maximum absolute atomic E-state index is 5.14. The van der Waals surface area contributed by atoms with Crippen LogP contribution in [0, 0.1) is 27.7 Å². The van der Waals surface area contributed by atoms with E-state index in [4.69, 9.17) is 4.98 Å². The summed E-state index contributed by atoms with van der Waals surface area (Å²) in [6.45, 7) is 8.59. The minimum atomic E-state index is 1.00. The molecule has 2 nitrogen and oxygen atoms in total. The van der Waals surface area contributed by atoms with Gasteiger partial charge in [0.1, 0.15) is 0 Å². The maximum Gasteiger partial charge on any atom is 0.0718 e. The van der Waals surface area contributed by atoms with Gasteiger partial charge in [-0.15, -0.1) is 0 Å². The second-order valence-corrected chi connectivity index (χ2v) is 9.33. The number of para-hydroxylation sites is 1. The lowest BCUT2D eigenvalue weighted by atomic mass is 9.96. The standard InChI is InChI=1S/C33H30N2/c1-22-10-16-30(24(3)18-22)32-20-27(21-33(35-32)31-17-11-23(2)19-25(31)4)26-12-14-29(15-13-26)34-28-8-6-5-7-9-28/h5-21,34H,1-4H3. The molecule has 1 N–H and O–H groups in total. The molecule has 0 radical (unpaired) electrons. The number of aryl methyl sites for hydroxylation is 4. The Kier molecular flexibility index (Phi) is 6.20. The minimum absolute atomic E-state index is 1.00. The number of benzene rings is 4. The molecule has 0 amide bonds. The summed E-state index contributed by atoms with van der Waals surface area (Å²) in [5, 5.41) is 3.47. The number of hydrogen-bond acceptors (Lipinski definition) is 2. The molecule has 0 spiro atoms. The van der Waals surface area contributed by atoms with E-state index in [2.05, 4.69) is 118 Å². The molecule has 1 aromatic heterocycles. The summed E-state index contributed by atoms with van der Waals surface area (Å²) < 4.78 is 0. The van der Waals surface area contributed by atoms with Crippen LogP contribution in [0.4, 0.5) is 11.4 Å². The molecule has 0 atom stereocenters. The van der Waals surface area contributed by atoms with Crippen LogP contribution in [-0.4, -0.2) is 4.98 Å². The third kappa shape index (κ3) is 5.02. The van der Waals surface area contributed by atoms with E-state index in [0.29, 0.717) is 0 Å². The van der Waals surface area contributed by atoms with E-state index in [1.54, 1.807) is 0 Å². The van der Waals surface area contributed by atoms with Crippen LogP contribution in [0.25, 0.3) is 33.6 Å². The van der Waals surface area contributed by atoms with Gasteiger partial charge in [-0.1, -0.05) is 77.9 Å². The van der Waals surface area contributed by atoms with Crippen LogP contribution < -0.4 is 5.32 Å². The van der Waals surface area contributed by atoms with Gasteiger partial charge < -0.3 is 5.32 Å². The van der Waals surface area contributed by atoms with Crippen molar-refractivity contribution >= 4 is 11.4 Å². The van der Waals surface area contributed by atoms with Crippen molar-refractivity contribution in [3.63, 3.8) is 0 Å². The van der Waals surface area contributed by atoms with Crippen molar-refractivity contribution in [2.45, 2.75) is 27.7 Å². The predicted molar refractivity (Wildman–Crippen MR) is 149 cm³/mol. The van der Waals surface area contributed by atoms with Crippen molar-refractivity contribution in [1.29, 1.82) is 0 Å².